The molecule has 156 valence electrons. The normalized spacial score (nSPS) is 18.4. The highest BCUT2D eigenvalue weighted by Gasteiger charge is 2.26. The lowest BCUT2D eigenvalue weighted by Crippen LogP contribution is -2.45. The van der Waals surface area contributed by atoms with Gasteiger partial charge in [0, 0.05) is 25.0 Å². The third-order valence-electron chi connectivity index (χ3n) is 5.80. The highest BCUT2D eigenvalue weighted by atomic mass is 19.2. The first-order valence-electron chi connectivity index (χ1n) is 9.91. The molecule has 0 radical (unpaired) electrons. The zero-order valence-corrected chi connectivity index (χ0v) is 16.5. The van der Waals surface area contributed by atoms with Crippen LogP contribution in [0.3, 0.4) is 0 Å². The maximum absolute atomic E-state index is 14.0. The van der Waals surface area contributed by atoms with Crippen LogP contribution in [0, 0.1) is 11.6 Å². The number of anilines is 1. The van der Waals surface area contributed by atoms with Gasteiger partial charge in [0.05, 0.1) is 5.56 Å². The summed E-state index contributed by atoms with van der Waals surface area (Å²) >= 11 is 0. The van der Waals surface area contributed by atoms with E-state index in [9.17, 15) is 8.78 Å². The quantitative estimate of drug-likeness (QED) is 0.684. The van der Waals surface area contributed by atoms with E-state index >= 15 is 0 Å². The molecule has 2 aromatic heterocycles. The van der Waals surface area contributed by atoms with Crippen LogP contribution in [0.4, 0.5) is 14.6 Å². The molecule has 0 atom stereocenters. The molecule has 2 aliphatic rings. The van der Waals surface area contributed by atoms with E-state index in [4.69, 9.17) is 10.2 Å². The van der Waals surface area contributed by atoms with Crippen LogP contribution in [0.25, 0.3) is 28.1 Å². The van der Waals surface area contributed by atoms with Gasteiger partial charge >= 0.3 is 0 Å². The number of likely N-dealkylation sites (tertiary alicyclic amines) is 1. The summed E-state index contributed by atoms with van der Waals surface area (Å²) in [4.78, 5) is 10.9. The molecule has 5 rings (SSSR count). The first kappa shape index (κ1) is 19.0. The fourth-order valence-electron chi connectivity index (χ4n) is 3.99. The van der Waals surface area contributed by atoms with Gasteiger partial charge in [-0.3, -0.25) is 0 Å². The molecule has 0 amide bonds. The van der Waals surface area contributed by atoms with E-state index in [-0.39, 0.29) is 22.8 Å². The third-order valence-corrected chi connectivity index (χ3v) is 5.80. The van der Waals surface area contributed by atoms with Gasteiger partial charge in [0.25, 0.3) is 0 Å². The van der Waals surface area contributed by atoms with Gasteiger partial charge in [0.2, 0.25) is 11.7 Å². The Bertz CT molecular complexity index is 1140. The van der Waals surface area contributed by atoms with Crippen molar-refractivity contribution in [2.24, 2.45) is 0 Å². The molecular formula is C21H22F2N6O. The lowest BCUT2D eigenvalue weighted by atomic mass is 10.0. The van der Waals surface area contributed by atoms with Crippen LogP contribution in [0.1, 0.15) is 18.4 Å². The molecule has 1 saturated heterocycles. The van der Waals surface area contributed by atoms with Crippen LogP contribution in [0.2, 0.25) is 0 Å². The number of nitrogens with one attached hydrogen (secondary N) is 1. The number of piperidine rings is 1. The monoisotopic (exact) mass is 412 g/mol. The highest BCUT2D eigenvalue weighted by Crippen LogP contribution is 2.32. The molecule has 1 aromatic carbocycles. The van der Waals surface area contributed by atoms with Crippen molar-refractivity contribution in [3.05, 3.63) is 47.8 Å². The molecule has 3 N–H and O–H groups in total. The van der Waals surface area contributed by atoms with Gasteiger partial charge in [-0.2, -0.15) is 4.39 Å². The summed E-state index contributed by atoms with van der Waals surface area (Å²) in [7, 11) is 2.14. The standard InChI is InChI=1S/C21H22F2N6O/c1-28-6-4-14(5-7-28)29-11-13(10-26-29)12-8-15(20(24)25-9-12)21-27-17-3-2-16(22)18(23)19(17)30-21/h2-3,8-9,11,14,26H,4-7,10H2,1H3,(H2,24,25). The van der Waals surface area contributed by atoms with E-state index in [0.29, 0.717) is 18.2 Å². The molecule has 3 aromatic rings. The first-order valence-corrected chi connectivity index (χ1v) is 9.91. The number of halogens is 2. The summed E-state index contributed by atoms with van der Waals surface area (Å²) in [5.74, 6) is -1.73. The van der Waals surface area contributed by atoms with Gasteiger partial charge in [-0.05, 0) is 62.3 Å². The van der Waals surface area contributed by atoms with Crippen molar-refractivity contribution < 1.29 is 13.2 Å². The average Bonchev–Trinajstić information content (AvgIpc) is 3.40. The Kier molecular flexibility index (Phi) is 4.63. The van der Waals surface area contributed by atoms with Gasteiger partial charge in [-0.1, -0.05) is 0 Å². The highest BCUT2D eigenvalue weighted by molar-refractivity contribution is 5.81. The summed E-state index contributed by atoms with van der Waals surface area (Å²) in [5, 5.41) is 2.18. The van der Waals surface area contributed by atoms with E-state index in [2.05, 4.69) is 38.6 Å². The number of nitrogen functional groups attached to an aromatic ring is 1. The van der Waals surface area contributed by atoms with Gasteiger partial charge in [-0.25, -0.2) is 19.8 Å². The lowest BCUT2D eigenvalue weighted by Gasteiger charge is -2.34. The molecule has 0 spiro atoms. The first-order chi connectivity index (χ1) is 14.5. The third kappa shape index (κ3) is 3.29. The molecule has 0 unspecified atom stereocenters. The van der Waals surface area contributed by atoms with Crippen LogP contribution in [-0.4, -0.2) is 52.6 Å². The number of hydrogen-bond acceptors (Lipinski definition) is 7. The minimum absolute atomic E-state index is 0.111. The topological polar surface area (TPSA) is 83.5 Å². The number of benzene rings is 1. The lowest BCUT2D eigenvalue weighted by molar-refractivity contribution is 0.134. The fourth-order valence-corrected chi connectivity index (χ4v) is 3.99. The van der Waals surface area contributed by atoms with E-state index in [0.717, 1.165) is 43.1 Å². The molecule has 0 saturated carbocycles. The average molecular weight is 412 g/mol. The number of nitrogens with two attached hydrogens (primary N) is 1. The van der Waals surface area contributed by atoms with E-state index in [1.807, 2.05) is 6.07 Å². The van der Waals surface area contributed by atoms with Crippen molar-refractivity contribution in [2.75, 3.05) is 32.4 Å². The molecule has 9 heteroatoms. The number of nitrogens with zero attached hydrogens (tertiary/aromatic N) is 4. The zero-order chi connectivity index (χ0) is 20.8. The number of aromatic nitrogens is 2. The van der Waals surface area contributed by atoms with Crippen molar-refractivity contribution >= 4 is 22.5 Å². The van der Waals surface area contributed by atoms with Crippen LogP contribution in [0.15, 0.2) is 35.0 Å². The van der Waals surface area contributed by atoms with Gasteiger partial charge in [-0.15, -0.1) is 0 Å². The maximum Gasteiger partial charge on any atom is 0.231 e. The molecule has 4 heterocycles. The Morgan fingerprint density at radius 2 is 2.03 bits per heavy atom. The second kappa shape index (κ2) is 7.33. The molecule has 2 aliphatic heterocycles. The summed E-state index contributed by atoms with van der Waals surface area (Å²) in [6.07, 6.45) is 6.01. The molecule has 0 aliphatic carbocycles. The van der Waals surface area contributed by atoms with E-state index < -0.39 is 11.6 Å². The molecule has 7 nitrogen and oxygen atoms in total. The summed E-state index contributed by atoms with van der Waals surface area (Å²) in [5.41, 5.74) is 11.8. The number of rotatable bonds is 3. The van der Waals surface area contributed by atoms with Crippen LogP contribution in [0.5, 0.6) is 0 Å². The largest absolute Gasteiger partial charge is 0.433 e. The number of pyridine rings is 1. The number of fused-ring (bicyclic) bond motifs is 1. The Morgan fingerprint density at radius 3 is 2.83 bits per heavy atom. The smallest absolute Gasteiger partial charge is 0.231 e. The van der Waals surface area contributed by atoms with Crippen molar-refractivity contribution in [3.8, 4) is 11.5 Å². The van der Waals surface area contributed by atoms with Gasteiger partial charge in [0.15, 0.2) is 11.4 Å². The summed E-state index contributed by atoms with van der Waals surface area (Å²) in [6.45, 7) is 2.83. The van der Waals surface area contributed by atoms with Gasteiger partial charge < -0.3 is 20.1 Å². The van der Waals surface area contributed by atoms with Gasteiger partial charge in [0.1, 0.15) is 11.3 Å². The van der Waals surface area contributed by atoms with E-state index in [1.165, 1.54) is 6.07 Å². The number of oxazole rings is 1. The minimum atomic E-state index is -1.06. The van der Waals surface area contributed by atoms with E-state index in [1.54, 1.807) is 6.20 Å². The van der Waals surface area contributed by atoms with Crippen LogP contribution in [-0.2, 0) is 0 Å². The van der Waals surface area contributed by atoms with Crippen molar-refractivity contribution in [2.45, 2.75) is 18.9 Å². The predicted octanol–water partition coefficient (Wildman–Crippen LogP) is 3.01. The molecule has 30 heavy (non-hydrogen) atoms. The van der Waals surface area contributed by atoms with Crippen molar-refractivity contribution in [3.63, 3.8) is 0 Å². The van der Waals surface area contributed by atoms with Crippen molar-refractivity contribution in [1.29, 1.82) is 0 Å². The SMILES string of the molecule is CN1CCC(N2C=C(c3cnc(N)c(-c4nc5ccc(F)c(F)c5o4)c3)CN2)CC1. The fraction of sp³-hybridized carbons (Fsp3) is 0.333. The second-order valence-corrected chi connectivity index (χ2v) is 7.82. The zero-order valence-electron chi connectivity index (χ0n) is 16.5. The van der Waals surface area contributed by atoms with Crippen LogP contribution < -0.4 is 11.2 Å². The molecule has 1 fully saturated rings. The predicted molar refractivity (Wildman–Crippen MR) is 110 cm³/mol. The Hall–Kier alpha value is -3.04. The van der Waals surface area contributed by atoms with Crippen LogP contribution >= 0.6 is 0 Å². The Labute approximate surface area is 172 Å². The number of hydrazine groups is 1. The number of hydrogen-bond donors (Lipinski definition) is 2. The Balaban J connectivity index is 1.46. The van der Waals surface area contributed by atoms with Crippen molar-refractivity contribution in [1.82, 2.24) is 25.3 Å². The maximum atomic E-state index is 14.0. The summed E-state index contributed by atoms with van der Waals surface area (Å²) < 4.78 is 33.0. The summed E-state index contributed by atoms with van der Waals surface area (Å²) in [6, 6.07) is 4.67. The minimum Gasteiger partial charge on any atom is -0.433 e. The second-order valence-electron chi connectivity index (χ2n) is 7.82. The molecular weight excluding hydrogens is 390 g/mol. The Morgan fingerprint density at radius 1 is 1.23 bits per heavy atom. The molecule has 0 bridgehead atoms.